The van der Waals surface area contributed by atoms with Gasteiger partial charge in [-0.1, -0.05) is 152 Å². The summed E-state index contributed by atoms with van der Waals surface area (Å²) < 4.78 is 2.44. The first-order valence-corrected chi connectivity index (χ1v) is 22.4. The van der Waals surface area contributed by atoms with Crippen molar-refractivity contribution in [1.29, 1.82) is 0 Å². The fourth-order valence-corrected chi connectivity index (χ4v) is 12.8. The summed E-state index contributed by atoms with van der Waals surface area (Å²) in [6.07, 6.45) is 6.85. The summed E-state index contributed by atoms with van der Waals surface area (Å²) in [7, 11) is 0. The van der Waals surface area contributed by atoms with E-state index in [1.54, 1.807) is 0 Å². The molecular formula is C59H46N2. The van der Waals surface area contributed by atoms with Crippen LogP contribution in [0.25, 0.3) is 82.7 Å². The summed E-state index contributed by atoms with van der Waals surface area (Å²) in [5.41, 5.74) is 13.4. The first-order chi connectivity index (χ1) is 30.2. The highest BCUT2D eigenvalue weighted by Crippen LogP contribution is 2.65. The quantitative estimate of drug-likeness (QED) is 0.164. The van der Waals surface area contributed by atoms with Gasteiger partial charge in [-0.15, -0.1) is 0 Å². The monoisotopic (exact) mass is 782 g/mol. The van der Waals surface area contributed by atoms with Gasteiger partial charge in [-0.2, -0.15) is 0 Å². The van der Waals surface area contributed by atoms with E-state index in [1.165, 1.54) is 103 Å². The van der Waals surface area contributed by atoms with Crippen LogP contribution in [-0.4, -0.2) is 9.55 Å². The van der Waals surface area contributed by atoms with Gasteiger partial charge in [0.05, 0.1) is 22.4 Å². The summed E-state index contributed by atoms with van der Waals surface area (Å²) >= 11 is 0. The molecule has 0 amide bonds. The Bertz CT molecular complexity index is 3180. The third-order valence-corrected chi connectivity index (χ3v) is 15.2. The first-order valence-electron chi connectivity index (χ1n) is 22.4. The summed E-state index contributed by atoms with van der Waals surface area (Å²) in [4.78, 5) is 5.15. The van der Waals surface area contributed by atoms with Crippen LogP contribution in [0.1, 0.15) is 43.2 Å². The minimum absolute atomic E-state index is 0.0141. The van der Waals surface area contributed by atoms with Crippen molar-refractivity contribution in [2.45, 2.75) is 37.5 Å². The molecule has 2 nitrogen and oxygen atoms in total. The molecular weight excluding hydrogens is 737 g/mol. The normalized spacial score (nSPS) is 21.8. The molecule has 4 aliphatic carbocycles. The zero-order valence-electron chi connectivity index (χ0n) is 34.2. The number of hydrogen-bond acceptors (Lipinski definition) is 1. The van der Waals surface area contributed by atoms with Crippen molar-refractivity contribution in [3.8, 4) is 39.3 Å². The van der Waals surface area contributed by atoms with Crippen molar-refractivity contribution in [1.82, 2.24) is 9.55 Å². The Morgan fingerprint density at radius 1 is 0.377 bits per heavy atom. The van der Waals surface area contributed by atoms with Crippen molar-refractivity contribution >= 4 is 43.4 Å². The van der Waals surface area contributed by atoms with E-state index >= 15 is 0 Å². The molecule has 4 aliphatic rings. The number of aromatic nitrogens is 2. The van der Waals surface area contributed by atoms with Crippen molar-refractivity contribution < 1.29 is 0 Å². The lowest BCUT2D eigenvalue weighted by molar-refractivity contribution is -0.0417. The van der Waals surface area contributed by atoms with Crippen LogP contribution < -0.4 is 0 Å². The highest BCUT2D eigenvalue weighted by atomic mass is 15.0. The van der Waals surface area contributed by atoms with E-state index in [2.05, 4.69) is 199 Å². The fourth-order valence-electron chi connectivity index (χ4n) is 12.8. The Morgan fingerprint density at radius 2 is 0.852 bits per heavy atom. The van der Waals surface area contributed by atoms with Gasteiger partial charge in [-0.3, -0.25) is 0 Å². The fraction of sp³-hybridized carbons (Fsp3) is 0.169. The van der Waals surface area contributed by atoms with Crippen LogP contribution >= 0.6 is 0 Å². The summed E-state index contributed by atoms with van der Waals surface area (Å²) in [6, 6.07) is 72.6. The highest BCUT2D eigenvalue weighted by molar-refractivity contribution is 6.09. The molecule has 0 atom stereocenters. The molecule has 10 aromatic rings. The topological polar surface area (TPSA) is 17.8 Å². The van der Waals surface area contributed by atoms with Crippen molar-refractivity contribution in [2.24, 2.45) is 23.7 Å². The zero-order valence-corrected chi connectivity index (χ0v) is 34.2. The second-order valence-corrected chi connectivity index (χ2v) is 18.4. The maximum atomic E-state index is 5.15. The molecule has 2 heterocycles. The Balaban J connectivity index is 0.918. The number of pyridine rings is 1. The molecule has 0 unspecified atom stereocenters. The van der Waals surface area contributed by atoms with Crippen molar-refractivity contribution in [2.75, 3.05) is 0 Å². The molecule has 0 saturated heterocycles. The van der Waals surface area contributed by atoms with E-state index in [9.17, 15) is 0 Å². The molecule has 0 radical (unpaired) electrons. The Kier molecular flexibility index (Phi) is 7.83. The van der Waals surface area contributed by atoms with Gasteiger partial charge in [0, 0.05) is 33.0 Å². The van der Waals surface area contributed by atoms with E-state index in [4.69, 9.17) is 4.98 Å². The van der Waals surface area contributed by atoms with E-state index in [0.717, 1.165) is 34.4 Å². The molecule has 8 aromatic carbocycles. The van der Waals surface area contributed by atoms with E-state index in [-0.39, 0.29) is 5.41 Å². The zero-order chi connectivity index (χ0) is 40.1. The number of fused-ring (bicyclic) bond motifs is 5. The average molecular weight is 783 g/mol. The third-order valence-electron chi connectivity index (χ3n) is 15.2. The number of rotatable bonds is 6. The summed E-state index contributed by atoms with van der Waals surface area (Å²) in [5.74, 6) is 3.10. The van der Waals surface area contributed by atoms with Gasteiger partial charge >= 0.3 is 0 Å². The average Bonchev–Trinajstić information content (AvgIpc) is 3.66. The lowest BCUT2D eigenvalue weighted by atomic mass is 9.42. The predicted octanol–water partition coefficient (Wildman–Crippen LogP) is 15.2. The third kappa shape index (κ3) is 5.51. The maximum Gasteiger partial charge on any atom is 0.0715 e. The summed E-state index contributed by atoms with van der Waals surface area (Å²) in [6.45, 7) is 0. The lowest BCUT2D eigenvalue weighted by Crippen LogP contribution is -2.56. The van der Waals surface area contributed by atoms with Crippen LogP contribution in [0.4, 0.5) is 0 Å². The molecule has 4 saturated carbocycles. The summed E-state index contributed by atoms with van der Waals surface area (Å²) in [5, 5.41) is 7.85. The van der Waals surface area contributed by atoms with E-state index in [1.807, 2.05) is 0 Å². The standard InChI is InChI=1S/C59H46N2/c1-3-11-40(12-4-1)55-36-47(37-56(60-55)41-13-5-2-6-14-41)43-19-20-44-33-48(24-21-42(44)32-43)59(50-28-38-27-39(30-50)31-51(59)29-38)49-25-22-46-35-52(26-23-45(46)34-49)61-57-17-9-7-15-53(57)54-16-8-10-18-58(54)61/h1-26,32-39,50-51H,27-31H2. The first kappa shape index (κ1) is 35.0. The molecule has 61 heavy (non-hydrogen) atoms. The van der Waals surface area contributed by atoms with Crippen LogP contribution in [-0.2, 0) is 5.41 Å². The van der Waals surface area contributed by atoms with Gasteiger partial charge in [0.15, 0.2) is 0 Å². The van der Waals surface area contributed by atoms with Gasteiger partial charge in [-0.25, -0.2) is 4.98 Å². The second-order valence-electron chi connectivity index (χ2n) is 18.4. The van der Waals surface area contributed by atoms with Gasteiger partial charge in [0.1, 0.15) is 0 Å². The van der Waals surface area contributed by atoms with E-state index < -0.39 is 0 Å². The lowest BCUT2D eigenvalue weighted by Gasteiger charge is -2.62. The minimum Gasteiger partial charge on any atom is -0.309 e. The van der Waals surface area contributed by atoms with Crippen molar-refractivity contribution in [3.63, 3.8) is 0 Å². The molecule has 0 N–H and O–H groups in total. The molecule has 292 valence electrons. The van der Waals surface area contributed by atoms with Crippen molar-refractivity contribution in [3.05, 3.63) is 205 Å². The molecule has 4 bridgehead atoms. The van der Waals surface area contributed by atoms with Crippen LogP contribution in [0.3, 0.4) is 0 Å². The number of para-hydroxylation sites is 2. The van der Waals surface area contributed by atoms with Crippen LogP contribution in [0, 0.1) is 23.7 Å². The van der Waals surface area contributed by atoms with Crippen LogP contribution in [0.2, 0.25) is 0 Å². The number of hydrogen-bond donors (Lipinski definition) is 0. The molecule has 14 rings (SSSR count). The number of nitrogens with zero attached hydrogens (tertiary/aromatic N) is 2. The van der Waals surface area contributed by atoms with Crippen LogP contribution in [0.5, 0.6) is 0 Å². The van der Waals surface area contributed by atoms with E-state index in [0.29, 0.717) is 11.8 Å². The predicted molar refractivity (Wildman–Crippen MR) is 254 cm³/mol. The van der Waals surface area contributed by atoms with Gasteiger partial charge in [-0.05, 0) is 142 Å². The smallest absolute Gasteiger partial charge is 0.0715 e. The van der Waals surface area contributed by atoms with Gasteiger partial charge in [0.2, 0.25) is 0 Å². The molecule has 4 fully saturated rings. The Labute approximate surface area is 357 Å². The Hall–Kier alpha value is -6.77. The number of benzene rings is 8. The highest BCUT2D eigenvalue weighted by Gasteiger charge is 2.58. The molecule has 2 heteroatoms. The molecule has 0 spiro atoms. The largest absolute Gasteiger partial charge is 0.309 e. The SMILES string of the molecule is c1ccc(-c2cc(-c3ccc4cc(C5(c6ccc7cc(-n8c9ccccc9c9ccccc98)ccc7c6)C6CC7CC(C6)CC5C7)ccc4c3)cc(-c3ccccc3)n2)cc1. The second kappa shape index (κ2) is 13.6. The Morgan fingerprint density at radius 3 is 1.43 bits per heavy atom. The van der Waals surface area contributed by atoms with Gasteiger partial charge < -0.3 is 4.57 Å². The van der Waals surface area contributed by atoms with Gasteiger partial charge in [0.25, 0.3) is 0 Å². The minimum atomic E-state index is 0.0141. The molecule has 2 aromatic heterocycles. The maximum absolute atomic E-state index is 5.15. The van der Waals surface area contributed by atoms with Crippen LogP contribution in [0.15, 0.2) is 194 Å². The molecule has 0 aliphatic heterocycles.